The normalized spacial score (nSPS) is 22.8. The van der Waals surface area contributed by atoms with Crippen LogP contribution < -0.4 is 10.6 Å². The molecule has 0 bridgehead atoms. The topological polar surface area (TPSA) is 45.7 Å². The van der Waals surface area contributed by atoms with E-state index in [0.717, 1.165) is 32.1 Å². The molecule has 0 amide bonds. The molecule has 1 aromatic rings. The van der Waals surface area contributed by atoms with Crippen LogP contribution in [0.3, 0.4) is 0 Å². The van der Waals surface area contributed by atoms with Gasteiger partial charge in [0.25, 0.3) is 0 Å². The van der Waals surface area contributed by atoms with Gasteiger partial charge in [0.05, 0.1) is 6.10 Å². The zero-order valence-electron chi connectivity index (χ0n) is 13.9. The lowest BCUT2D eigenvalue weighted by molar-refractivity contribution is 0.105. The molecule has 0 aromatic heterocycles. The predicted octanol–water partition coefficient (Wildman–Crippen LogP) is 3.05. The second kappa shape index (κ2) is 8.06. The zero-order valence-corrected chi connectivity index (χ0v) is 14.7. The van der Waals surface area contributed by atoms with Crippen LogP contribution in [0.15, 0.2) is 40.2 Å². The fraction of sp³-hybridized carbons (Fsp3) is 0.611. The van der Waals surface area contributed by atoms with Crippen molar-refractivity contribution in [2.45, 2.75) is 47.9 Å². The van der Waals surface area contributed by atoms with Crippen molar-refractivity contribution in [3.05, 3.63) is 30.3 Å². The van der Waals surface area contributed by atoms with Crippen molar-refractivity contribution >= 4 is 17.7 Å². The summed E-state index contributed by atoms with van der Waals surface area (Å²) >= 11 is 1.99. The summed E-state index contributed by atoms with van der Waals surface area (Å²) in [6.07, 6.45) is 6.44. The van der Waals surface area contributed by atoms with Crippen molar-refractivity contribution in [3.8, 4) is 0 Å². The van der Waals surface area contributed by atoms with Crippen LogP contribution in [0.25, 0.3) is 0 Å². The van der Waals surface area contributed by atoms with Gasteiger partial charge in [0, 0.05) is 36.4 Å². The summed E-state index contributed by atoms with van der Waals surface area (Å²) in [5.41, 5.74) is 0. The second-order valence-electron chi connectivity index (χ2n) is 6.37. The number of benzene rings is 1. The summed E-state index contributed by atoms with van der Waals surface area (Å²) in [6.45, 7) is 2.81. The van der Waals surface area contributed by atoms with Gasteiger partial charge in [-0.3, -0.25) is 4.99 Å². The van der Waals surface area contributed by atoms with E-state index in [9.17, 15) is 0 Å². The standard InChI is InChI=1S/C18H27N3OS/c1-19-17(20-12-9-15-6-5-13-22-15)21-14-18(10-11-18)23-16-7-3-2-4-8-16/h2-4,7-8,15H,5-6,9-14H2,1H3,(H2,19,20,21). The molecular formula is C18H27N3OS. The molecule has 3 rings (SSSR count). The molecule has 1 saturated heterocycles. The molecule has 2 aliphatic rings. The minimum Gasteiger partial charge on any atom is -0.378 e. The van der Waals surface area contributed by atoms with E-state index >= 15 is 0 Å². The third-order valence-corrected chi connectivity index (χ3v) is 5.96. The summed E-state index contributed by atoms with van der Waals surface area (Å²) in [5, 5.41) is 6.91. The van der Waals surface area contributed by atoms with Crippen LogP contribution in [0, 0.1) is 0 Å². The van der Waals surface area contributed by atoms with E-state index < -0.39 is 0 Å². The first-order chi connectivity index (χ1) is 11.3. The molecule has 2 fully saturated rings. The van der Waals surface area contributed by atoms with E-state index in [-0.39, 0.29) is 0 Å². The van der Waals surface area contributed by atoms with Crippen LogP contribution >= 0.6 is 11.8 Å². The number of nitrogens with one attached hydrogen (secondary N) is 2. The zero-order chi connectivity index (χ0) is 16.0. The first-order valence-corrected chi connectivity index (χ1v) is 9.41. The maximum Gasteiger partial charge on any atom is 0.191 e. The van der Waals surface area contributed by atoms with E-state index in [1.165, 1.54) is 30.6 Å². The SMILES string of the molecule is CN=C(NCCC1CCCO1)NCC1(Sc2ccccc2)CC1. The number of guanidine groups is 1. The summed E-state index contributed by atoms with van der Waals surface area (Å²) in [6, 6.07) is 10.7. The van der Waals surface area contributed by atoms with E-state index in [1.54, 1.807) is 0 Å². The average molecular weight is 334 g/mol. The summed E-state index contributed by atoms with van der Waals surface area (Å²) in [4.78, 5) is 5.69. The summed E-state index contributed by atoms with van der Waals surface area (Å²) < 4.78 is 6.00. The van der Waals surface area contributed by atoms with Crippen molar-refractivity contribution in [2.24, 2.45) is 4.99 Å². The molecule has 2 N–H and O–H groups in total. The minimum atomic E-state index is 0.341. The van der Waals surface area contributed by atoms with Gasteiger partial charge in [-0.1, -0.05) is 18.2 Å². The largest absolute Gasteiger partial charge is 0.378 e. The Kier molecular flexibility index (Phi) is 5.84. The lowest BCUT2D eigenvalue weighted by Crippen LogP contribution is -2.42. The first-order valence-electron chi connectivity index (χ1n) is 8.60. The molecular weight excluding hydrogens is 306 g/mol. The van der Waals surface area contributed by atoms with Crippen molar-refractivity contribution < 1.29 is 4.74 Å². The number of thioether (sulfide) groups is 1. The minimum absolute atomic E-state index is 0.341. The van der Waals surface area contributed by atoms with Crippen LogP contribution in [-0.2, 0) is 4.74 Å². The first kappa shape index (κ1) is 16.7. The van der Waals surface area contributed by atoms with E-state index in [4.69, 9.17) is 4.74 Å². The number of hydrogen-bond acceptors (Lipinski definition) is 3. The van der Waals surface area contributed by atoms with Crippen LogP contribution in [0.4, 0.5) is 0 Å². The highest BCUT2D eigenvalue weighted by molar-refractivity contribution is 8.01. The molecule has 1 heterocycles. The van der Waals surface area contributed by atoms with Crippen molar-refractivity contribution in [1.82, 2.24) is 10.6 Å². The van der Waals surface area contributed by atoms with Gasteiger partial charge in [0.2, 0.25) is 0 Å². The molecule has 5 heteroatoms. The molecule has 126 valence electrons. The van der Waals surface area contributed by atoms with Gasteiger partial charge in [0.15, 0.2) is 5.96 Å². The van der Waals surface area contributed by atoms with Crippen molar-refractivity contribution in [1.29, 1.82) is 0 Å². The Bertz CT molecular complexity index is 510. The van der Waals surface area contributed by atoms with Gasteiger partial charge in [-0.25, -0.2) is 0 Å². The number of aliphatic imine (C=N–C) groups is 1. The van der Waals surface area contributed by atoms with Gasteiger partial charge < -0.3 is 15.4 Å². The second-order valence-corrected chi connectivity index (χ2v) is 7.92. The molecule has 1 aliphatic heterocycles. The van der Waals surface area contributed by atoms with E-state index in [0.29, 0.717) is 10.9 Å². The Morgan fingerprint density at radius 1 is 1.30 bits per heavy atom. The van der Waals surface area contributed by atoms with Crippen LogP contribution in [0.5, 0.6) is 0 Å². The quantitative estimate of drug-likeness (QED) is 0.595. The van der Waals surface area contributed by atoms with Crippen LogP contribution in [0.1, 0.15) is 32.1 Å². The third kappa shape index (κ3) is 5.15. The number of hydrogen-bond donors (Lipinski definition) is 2. The highest BCUT2D eigenvalue weighted by atomic mass is 32.2. The number of nitrogens with zero attached hydrogens (tertiary/aromatic N) is 1. The van der Waals surface area contributed by atoms with Gasteiger partial charge >= 0.3 is 0 Å². The Morgan fingerprint density at radius 3 is 2.78 bits per heavy atom. The van der Waals surface area contributed by atoms with Crippen molar-refractivity contribution in [3.63, 3.8) is 0 Å². The van der Waals surface area contributed by atoms with Gasteiger partial charge in [-0.05, 0) is 44.2 Å². The van der Waals surface area contributed by atoms with Crippen molar-refractivity contribution in [2.75, 3.05) is 26.7 Å². The summed E-state index contributed by atoms with van der Waals surface area (Å²) in [5.74, 6) is 0.905. The Morgan fingerprint density at radius 2 is 2.13 bits per heavy atom. The fourth-order valence-corrected chi connectivity index (χ4v) is 4.13. The molecule has 0 radical (unpaired) electrons. The van der Waals surface area contributed by atoms with E-state index in [1.807, 2.05) is 18.8 Å². The lowest BCUT2D eigenvalue weighted by atomic mass is 10.2. The Labute approximate surface area is 143 Å². The number of rotatable bonds is 7. The fourth-order valence-electron chi connectivity index (χ4n) is 2.88. The smallest absolute Gasteiger partial charge is 0.191 e. The van der Waals surface area contributed by atoms with Gasteiger partial charge in [0.1, 0.15) is 0 Å². The highest BCUT2D eigenvalue weighted by Crippen LogP contribution is 2.51. The van der Waals surface area contributed by atoms with E-state index in [2.05, 4.69) is 46.0 Å². The molecule has 1 atom stereocenters. The Hall–Kier alpha value is -1.20. The van der Waals surface area contributed by atoms with Crippen LogP contribution in [-0.4, -0.2) is 43.6 Å². The molecule has 1 aromatic carbocycles. The molecule has 4 nitrogen and oxygen atoms in total. The maximum atomic E-state index is 5.66. The lowest BCUT2D eigenvalue weighted by Gasteiger charge is -2.19. The van der Waals surface area contributed by atoms with Gasteiger partial charge in [-0.2, -0.15) is 0 Å². The molecule has 1 aliphatic carbocycles. The Balaban J connectivity index is 1.39. The molecule has 0 spiro atoms. The number of ether oxygens (including phenoxy) is 1. The third-order valence-electron chi connectivity index (χ3n) is 4.47. The molecule has 23 heavy (non-hydrogen) atoms. The molecule has 1 saturated carbocycles. The van der Waals surface area contributed by atoms with Gasteiger partial charge in [-0.15, -0.1) is 11.8 Å². The van der Waals surface area contributed by atoms with Crippen LogP contribution in [0.2, 0.25) is 0 Å². The average Bonchev–Trinajstić information content (AvgIpc) is 3.14. The summed E-state index contributed by atoms with van der Waals surface area (Å²) in [7, 11) is 1.84. The monoisotopic (exact) mass is 333 g/mol. The highest BCUT2D eigenvalue weighted by Gasteiger charge is 2.43. The maximum absolute atomic E-state index is 5.66. The predicted molar refractivity (Wildman–Crippen MR) is 97.2 cm³/mol. The molecule has 1 unspecified atom stereocenters.